The predicted octanol–water partition coefficient (Wildman–Crippen LogP) is 2.63. The van der Waals surface area contributed by atoms with Crippen molar-refractivity contribution in [3.63, 3.8) is 0 Å². The average molecular weight is 464 g/mol. The number of nitrogens with one attached hydrogen (secondary N) is 2. The summed E-state index contributed by atoms with van der Waals surface area (Å²) >= 11 is 0. The fourth-order valence-electron chi connectivity index (χ4n) is 4.24. The lowest BCUT2D eigenvalue weighted by atomic mass is 10.0. The molecule has 3 heterocycles. The Labute approximate surface area is 197 Å². The average Bonchev–Trinajstić information content (AvgIpc) is 3.25. The summed E-state index contributed by atoms with van der Waals surface area (Å²) in [6.07, 6.45) is 3.87. The molecule has 2 aromatic heterocycles. The van der Waals surface area contributed by atoms with Crippen LogP contribution in [0.25, 0.3) is 0 Å². The summed E-state index contributed by atoms with van der Waals surface area (Å²) in [4.78, 5) is 29.1. The monoisotopic (exact) mass is 463 g/mol. The maximum Gasteiger partial charge on any atom is 0.305 e. The first kappa shape index (κ1) is 23.4. The summed E-state index contributed by atoms with van der Waals surface area (Å²) in [6, 6.07) is 10.8. The van der Waals surface area contributed by atoms with E-state index in [2.05, 4.69) is 26.8 Å². The Morgan fingerprint density at radius 1 is 1.26 bits per heavy atom. The third-order valence-electron chi connectivity index (χ3n) is 6.00. The molecule has 4 rings (SSSR count). The standard InChI is InChI=1S/C25H29N5O4/c1-16-4-2-5-18(12-16)21(13-23(32)33)29-25(34)20-14-27-30(22(20)15-31)11-9-19-8-7-17-6-3-10-26-24(17)28-19/h2,4-5,7-8,12,14,21,31H,3,6,9-11,13,15H2,1H3,(H,26,28)(H,29,34)(H,32,33). The van der Waals surface area contributed by atoms with Gasteiger partial charge in [-0.25, -0.2) is 4.98 Å². The highest BCUT2D eigenvalue weighted by molar-refractivity contribution is 5.95. The van der Waals surface area contributed by atoms with Gasteiger partial charge in [-0.1, -0.05) is 35.9 Å². The number of carboxylic acid groups (broad SMARTS) is 1. The van der Waals surface area contributed by atoms with E-state index < -0.39 is 17.9 Å². The molecule has 1 aliphatic heterocycles. The molecule has 4 N–H and O–H groups in total. The van der Waals surface area contributed by atoms with Crippen molar-refractivity contribution in [2.24, 2.45) is 0 Å². The summed E-state index contributed by atoms with van der Waals surface area (Å²) < 4.78 is 1.60. The Kier molecular flexibility index (Phi) is 7.22. The molecule has 34 heavy (non-hydrogen) atoms. The molecule has 0 fully saturated rings. The number of carbonyl (C=O) groups excluding carboxylic acids is 1. The normalized spacial score (nSPS) is 13.6. The van der Waals surface area contributed by atoms with Crippen LogP contribution in [0.2, 0.25) is 0 Å². The molecule has 0 saturated carbocycles. The van der Waals surface area contributed by atoms with E-state index in [1.54, 1.807) is 10.7 Å². The lowest BCUT2D eigenvalue weighted by molar-refractivity contribution is -0.137. The van der Waals surface area contributed by atoms with E-state index >= 15 is 0 Å². The van der Waals surface area contributed by atoms with Gasteiger partial charge in [0.15, 0.2) is 0 Å². The Balaban J connectivity index is 1.48. The number of pyridine rings is 1. The number of aryl methyl sites for hydroxylation is 4. The summed E-state index contributed by atoms with van der Waals surface area (Å²) in [5.74, 6) is -0.566. The number of fused-ring (bicyclic) bond motifs is 1. The summed E-state index contributed by atoms with van der Waals surface area (Å²) in [5, 5.41) is 29.7. The Hall–Kier alpha value is -3.72. The first-order chi connectivity index (χ1) is 16.4. The van der Waals surface area contributed by atoms with E-state index in [0.29, 0.717) is 24.2 Å². The Bertz CT molecular complexity index is 1190. The van der Waals surface area contributed by atoms with E-state index in [-0.39, 0.29) is 18.6 Å². The second kappa shape index (κ2) is 10.5. The van der Waals surface area contributed by atoms with Crippen LogP contribution < -0.4 is 10.6 Å². The van der Waals surface area contributed by atoms with Crippen LogP contribution in [0.4, 0.5) is 5.82 Å². The van der Waals surface area contributed by atoms with Gasteiger partial charge < -0.3 is 20.8 Å². The molecule has 1 atom stereocenters. The molecular weight excluding hydrogens is 434 g/mol. The topological polar surface area (TPSA) is 129 Å². The summed E-state index contributed by atoms with van der Waals surface area (Å²) in [7, 11) is 0. The number of amides is 1. The fraction of sp³-hybridized carbons (Fsp3) is 0.360. The highest BCUT2D eigenvalue weighted by Gasteiger charge is 2.23. The summed E-state index contributed by atoms with van der Waals surface area (Å²) in [6.45, 7) is 2.91. The maximum absolute atomic E-state index is 13.0. The minimum Gasteiger partial charge on any atom is -0.481 e. The van der Waals surface area contributed by atoms with E-state index in [0.717, 1.165) is 36.5 Å². The molecule has 3 aromatic rings. The van der Waals surface area contributed by atoms with Crippen LogP contribution in [-0.2, 0) is 30.8 Å². The second-order valence-electron chi connectivity index (χ2n) is 8.51. The number of carboxylic acids is 1. The molecule has 9 nitrogen and oxygen atoms in total. The van der Waals surface area contributed by atoms with Crippen LogP contribution in [0, 0.1) is 6.92 Å². The van der Waals surface area contributed by atoms with Crippen LogP contribution in [0.1, 0.15) is 57.3 Å². The smallest absolute Gasteiger partial charge is 0.305 e. The number of aliphatic carboxylic acids is 1. The van der Waals surface area contributed by atoms with E-state index in [1.807, 2.05) is 31.2 Å². The van der Waals surface area contributed by atoms with Gasteiger partial charge in [0.2, 0.25) is 0 Å². The largest absolute Gasteiger partial charge is 0.481 e. The van der Waals surface area contributed by atoms with Gasteiger partial charge in [0.25, 0.3) is 5.91 Å². The third-order valence-corrected chi connectivity index (χ3v) is 6.00. The molecule has 0 bridgehead atoms. The van der Waals surface area contributed by atoms with Crippen molar-refractivity contribution in [1.29, 1.82) is 0 Å². The molecule has 1 unspecified atom stereocenters. The zero-order valence-electron chi connectivity index (χ0n) is 19.1. The van der Waals surface area contributed by atoms with Gasteiger partial charge >= 0.3 is 5.97 Å². The number of rotatable bonds is 9. The van der Waals surface area contributed by atoms with Gasteiger partial charge in [-0.2, -0.15) is 5.10 Å². The first-order valence-corrected chi connectivity index (χ1v) is 11.4. The van der Waals surface area contributed by atoms with Gasteiger partial charge in [-0.3, -0.25) is 14.3 Å². The lowest BCUT2D eigenvalue weighted by Gasteiger charge is -2.18. The number of hydrogen-bond acceptors (Lipinski definition) is 6. The van der Waals surface area contributed by atoms with Crippen molar-refractivity contribution < 1.29 is 19.8 Å². The molecular formula is C25H29N5O4. The Morgan fingerprint density at radius 2 is 2.12 bits per heavy atom. The number of aliphatic hydroxyl groups is 1. The highest BCUT2D eigenvalue weighted by Crippen LogP contribution is 2.22. The van der Waals surface area contributed by atoms with Gasteiger partial charge in [-0.05, 0) is 37.0 Å². The molecule has 1 amide bonds. The van der Waals surface area contributed by atoms with E-state index in [9.17, 15) is 19.8 Å². The SMILES string of the molecule is Cc1cccc(C(CC(=O)O)NC(=O)c2cnn(CCc3ccc4c(n3)NCCC4)c2CO)c1. The molecule has 1 aliphatic rings. The molecule has 1 aromatic carbocycles. The fourth-order valence-corrected chi connectivity index (χ4v) is 4.24. The molecule has 0 radical (unpaired) electrons. The third kappa shape index (κ3) is 5.43. The van der Waals surface area contributed by atoms with Gasteiger partial charge in [-0.15, -0.1) is 0 Å². The quantitative estimate of drug-likeness (QED) is 0.384. The zero-order chi connectivity index (χ0) is 24.1. The Morgan fingerprint density at radius 3 is 2.88 bits per heavy atom. The molecule has 0 aliphatic carbocycles. The summed E-state index contributed by atoms with van der Waals surface area (Å²) in [5.41, 5.74) is 4.41. The van der Waals surface area contributed by atoms with Gasteiger partial charge in [0.05, 0.1) is 36.5 Å². The number of aliphatic hydroxyl groups excluding tert-OH is 1. The molecule has 178 valence electrons. The molecule has 0 spiro atoms. The van der Waals surface area contributed by atoms with Crippen molar-refractivity contribution in [2.75, 3.05) is 11.9 Å². The highest BCUT2D eigenvalue weighted by atomic mass is 16.4. The van der Waals surface area contributed by atoms with Crippen molar-refractivity contribution >= 4 is 17.7 Å². The van der Waals surface area contributed by atoms with Crippen LogP contribution in [0.3, 0.4) is 0 Å². The minimum absolute atomic E-state index is 0.227. The number of aromatic nitrogens is 3. The lowest BCUT2D eigenvalue weighted by Crippen LogP contribution is -2.31. The van der Waals surface area contributed by atoms with Crippen molar-refractivity contribution in [2.45, 2.75) is 51.8 Å². The number of hydrogen-bond donors (Lipinski definition) is 4. The van der Waals surface area contributed by atoms with Crippen LogP contribution >= 0.6 is 0 Å². The van der Waals surface area contributed by atoms with Gasteiger partial charge in [0.1, 0.15) is 5.82 Å². The van der Waals surface area contributed by atoms with E-state index in [1.165, 1.54) is 11.8 Å². The van der Waals surface area contributed by atoms with Crippen LogP contribution in [-0.4, -0.2) is 43.4 Å². The van der Waals surface area contributed by atoms with Crippen molar-refractivity contribution in [1.82, 2.24) is 20.1 Å². The first-order valence-electron chi connectivity index (χ1n) is 11.4. The number of benzene rings is 1. The van der Waals surface area contributed by atoms with Crippen molar-refractivity contribution in [3.8, 4) is 0 Å². The predicted molar refractivity (Wildman–Crippen MR) is 127 cm³/mol. The minimum atomic E-state index is -1.02. The molecule has 0 saturated heterocycles. The molecule has 9 heteroatoms. The second-order valence-corrected chi connectivity index (χ2v) is 8.51. The van der Waals surface area contributed by atoms with Crippen molar-refractivity contribution in [3.05, 3.63) is 76.2 Å². The number of anilines is 1. The van der Waals surface area contributed by atoms with Gasteiger partial charge in [0, 0.05) is 25.2 Å². The maximum atomic E-state index is 13.0. The van der Waals surface area contributed by atoms with Crippen LogP contribution in [0.5, 0.6) is 0 Å². The number of nitrogens with zero attached hydrogens (tertiary/aromatic N) is 3. The zero-order valence-corrected chi connectivity index (χ0v) is 19.1. The number of carbonyl (C=O) groups is 2. The van der Waals surface area contributed by atoms with Crippen LogP contribution in [0.15, 0.2) is 42.6 Å². The van der Waals surface area contributed by atoms with E-state index in [4.69, 9.17) is 0 Å².